The SMILES string of the molecule is C=C(CSC#N)CSC#N. The number of hydrogen-bond acceptors (Lipinski definition) is 4. The van der Waals surface area contributed by atoms with Crippen LogP contribution < -0.4 is 0 Å². The molecule has 2 nitrogen and oxygen atoms in total. The second-order valence-electron chi connectivity index (χ2n) is 1.51. The summed E-state index contributed by atoms with van der Waals surface area (Å²) < 4.78 is 0. The van der Waals surface area contributed by atoms with Crippen LogP contribution in [0.3, 0.4) is 0 Å². The van der Waals surface area contributed by atoms with Crippen LogP contribution >= 0.6 is 23.5 Å². The van der Waals surface area contributed by atoms with Gasteiger partial charge in [-0.1, -0.05) is 12.2 Å². The summed E-state index contributed by atoms with van der Waals surface area (Å²) in [5.74, 6) is 1.26. The molecule has 0 heterocycles. The van der Waals surface area contributed by atoms with Crippen molar-refractivity contribution in [3.05, 3.63) is 12.2 Å². The standard InChI is InChI=1S/C6H6N2S2/c1-6(2-9-4-7)3-10-5-8/h1-3H2. The van der Waals surface area contributed by atoms with E-state index in [-0.39, 0.29) is 0 Å². The number of hydrogen-bond donors (Lipinski definition) is 0. The first kappa shape index (κ1) is 9.42. The van der Waals surface area contributed by atoms with E-state index >= 15 is 0 Å². The molecule has 0 amide bonds. The number of nitriles is 2. The van der Waals surface area contributed by atoms with Crippen LogP contribution in [0, 0.1) is 21.3 Å². The lowest BCUT2D eigenvalue weighted by Gasteiger charge is -1.94. The van der Waals surface area contributed by atoms with E-state index < -0.39 is 0 Å². The average Bonchev–Trinajstić information content (AvgIpc) is 1.97. The number of thiocyanates is 2. The van der Waals surface area contributed by atoms with Gasteiger partial charge in [0.1, 0.15) is 10.8 Å². The first-order valence-electron chi connectivity index (χ1n) is 2.49. The van der Waals surface area contributed by atoms with Gasteiger partial charge in [0, 0.05) is 11.5 Å². The molecule has 10 heavy (non-hydrogen) atoms. The Labute approximate surface area is 68.9 Å². The van der Waals surface area contributed by atoms with Crippen molar-refractivity contribution < 1.29 is 0 Å². The minimum atomic E-state index is 0.630. The van der Waals surface area contributed by atoms with Crippen molar-refractivity contribution in [2.45, 2.75) is 0 Å². The van der Waals surface area contributed by atoms with Crippen LogP contribution in [-0.2, 0) is 0 Å². The fraction of sp³-hybridized carbons (Fsp3) is 0.333. The molecule has 0 fully saturated rings. The van der Waals surface area contributed by atoms with Gasteiger partial charge in [-0.15, -0.1) is 0 Å². The van der Waals surface area contributed by atoms with Crippen molar-refractivity contribution in [2.24, 2.45) is 0 Å². The van der Waals surface area contributed by atoms with Crippen LogP contribution in [0.4, 0.5) is 0 Å². The van der Waals surface area contributed by atoms with Gasteiger partial charge in [-0.25, -0.2) is 0 Å². The summed E-state index contributed by atoms with van der Waals surface area (Å²) in [5.41, 5.74) is 0.929. The predicted octanol–water partition coefficient (Wildman–Crippen LogP) is 1.97. The van der Waals surface area contributed by atoms with Gasteiger partial charge in [0.15, 0.2) is 0 Å². The summed E-state index contributed by atoms with van der Waals surface area (Å²) in [4.78, 5) is 0. The molecular formula is C6H6N2S2. The largest absolute Gasteiger partial charge is 0.185 e. The third kappa shape index (κ3) is 5.55. The molecular weight excluding hydrogens is 164 g/mol. The predicted molar refractivity (Wildman–Crippen MR) is 45.3 cm³/mol. The first-order chi connectivity index (χ1) is 4.81. The maximum absolute atomic E-state index is 8.14. The van der Waals surface area contributed by atoms with Crippen LogP contribution in [-0.4, -0.2) is 11.5 Å². The Morgan fingerprint density at radius 3 is 1.90 bits per heavy atom. The van der Waals surface area contributed by atoms with Gasteiger partial charge in [0.05, 0.1) is 0 Å². The molecule has 4 heteroatoms. The van der Waals surface area contributed by atoms with E-state index in [1.54, 1.807) is 0 Å². The Morgan fingerprint density at radius 2 is 1.60 bits per heavy atom. The maximum Gasteiger partial charge on any atom is 0.133 e. The van der Waals surface area contributed by atoms with Crippen LogP contribution in [0.15, 0.2) is 12.2 Å². The van der Waals surface area contributed by atoms with E-state index in [1.807, 2.05) is 10.8 Å². The smallest absolute Gasteiger partial charge is 0.133 e. The molecule has 0 radical (unpaired) electrons. The topological polar surface area (TPSA) is 47.6 Å². The highest BCUT2D eigenvalue weighted by molar-refractivity contribution is 8.04. The van der Waals surface area contributed by atoms with Gasteiger partial charge in [-0.2, -0.15) is 10.5 Å². The molecule has 0 aliphatic carbocycles. The molecule has 0 aliphatic heterocycles. The zero-order valence-electron chi connectivity index (χ0n) is 5.33. The normalized spacial score (nSPS) is 7.80. The molecule has 0 saturated heterocycles. The monoisotopic (exact) mass is 170 g/mol. The summed E-state index contributed by atoms with van der Waals surface area (Å²) >= 11 is 2.30. The van der Waals surface area contributed by atoms with E-state index in [0.29, 0.717) is 11.5 Å². The van der Waals surface area contributed by atoms with Crippen molar-refractivity contribution in [3.8, 4) is 10.8 Å². The lowest BCUT2D eigenvalue weighted by atomic mass is 10.4. The minimum absolute atomic E-state index is 0.630. The zero-order valence-corrected chi connectivity index (χ0v) is 6.97. The zero-order chi connectivity index (χ0) is 7.82. The Morgan fingerprint density at radius 1 is 1.20 bits per heavy atom. The van der Waals surface area contributed by atoms with Crippen molar-refractivity contribution in [3.63, 3.8) is 0 Å². The van der Waals surface area contributed by atoms with E-state index in [9.17, 15) is 0 Å². The highest BCUT2D eigenvalue weighted by Crippen LogP contribution is 2.09. The third-order valence-electron chi connectivity index (χ3n) is 0.682. The van der Waals surface area contributed by atoms with Crippen LogP contribution in [0.2, 0.25) is 0 Å². The Balaban J connectivity index is 3.30. The van der Waals surface area contributed by atoms with E-state index in [2.05, 4.69) is 6.58 Å². The fourth-order valence-corrected chi connectivity index (χ4v) is 1.18. The molecule has 0 unspecified atom stereocenters. The van der Waals surface area contributed by atoms with E-state index in [0.717, 1.165) is 29.1 Å². The van der Waals surface area contributed by atoms with Crippen molar-refractivity contribution in [1.29, 1.82) is 10.5 Å². The van der Waals surface area contributed by atoms with Gasteiger partial charge < -0.3 is 0 Å². The molecule has 0 aromatic heterocycles. The quantitative estimate of drug-likeness (QED) is 0.478. The first-order valence-corrected chi connectivity index (χ1v) is 4.46. The summed E-state index contributed by atoms with van der Waals surface area (Å²) in [6.07, 6.45) is 0. The van der Waals surface area contributed by atoms with Gasteiger partial charge in [0.2, 0.25) is 0 Å². The molecule has 0 saturated carbocycles. The highest BCUT2D eigenvalue weighted by atomic mass is 32.2. The summed E-state index contributed by atoms with van der Waals surface area (Å²) in [6.45, 7) is 3.69. The summed E-state index contributed by atoms with van der Waals surface area (Å²) in [6, 6.07) is 0. The molecule has 0 spiro atoms. The molecule has 0 aromatic rings. The fourth-order valence-electron chi connectivity index (χ4n) is 0.310. The molecule has 0 bridgehead atoms. The van der Waals surface area contributed by atoms with Crippen LogP contribution in [0.25, 0.3) is 0 Å². The molecule has 0 N–H and O–H groups in total. The molecule has 0 aromatic carbocycles. The number of thioether (sulfide) groups is 2. The second kappa shape index (κ2) is 6.54. The average molecular weight is 170 g/mol. The summed E-state index contributed by atoms with van der Waals surface area (Å²) in [5, 5.41) is 20.2. The molecule has 0 aliphatic rings. The highest BCUT2D eigenvalue weighted by Gasteiger charge is 1.93. The van der Waals surface area contributed by atoms with Gasteiger partial charge in [0.25, 0.3) is 0 Å². The Hall–Kier alpha value is -0.580. The summed E-state index contributed by atoms with van der Waals surface area (Å²) in [7, 11) is 0. The maximum atomic E-state index is 8.14. The van der Waals surface area contributed by atoms with Crippen molar-refractivity contribution >= 4 is 23.5 Å². The third-order valence-corrected chi connectivity index (χ3v) is 2.05. The lowest BCUT2D eigenvalue weighted by molar-refractivity contribution is 1.46. The van der Waals surface area contributed by atoms with Gasteiger partial charge in [-0.05, 0) is 23.5 Å². The van der Waals surface area contributed by atoms with Crippen molar-refractivity contribution in [2.75, 3.05) is 11.5 Å². The van der Waals surface area contributed by atoms with Crippen LogP contribution in [0.1, 0.15) is 0 Å². The van der Waals surface area contributed by atoms with E-state index in [1.165, 1.54) is 0 Å². The minimum Gasteiger partial charge on any atom is -0.185 e. The van der Waals surface area contributed by atoms with Gasteiger partial charge in [-0.3, -0.25) is 0 Å². The van der Waals surface area contributed by atoms with Crippen LogP contribution in [0.5, 0.6) is 0 Å². The Bertz CT molecular complexity index is 167. The molecule has 52 valence electrons. The van der Waals surface area contributed by atoms with Gasteiger partial charge >= 0.3 is 0 Å². The second-order valence-corrected chi connectivity index (χ2v) is 3.03. The lowest BCUT2D eigenvalue weighted by Crippen LogP contribution is -1.86. The molecule has 0 rings (SSSR count). The molecule has 0 atom stereocenters. The van der Waals surface area contributed by atoms with Crippen molar-refractivity contribution in [1.82, 2.24) is 0 Å². The Kier molecular flexibility index (Phi) is 6.16. The number of rotatable bonds is 4. The van der Waals surface area contributed by atoms with E-state index in [4.69, 9.17) is 10.5 Å². The number of nitrogens with zero attached hydrogens (tertiary/aromatic N) is 2.